The molecule has 2 heterocycles. The van der Waals surface area contributed by atoms with E-state index in [-0.39, 0.29) is 56.6 Å². The lowest BCUT2D eigenvalue weighted by Crippen LogP contribution is -2.69. The van der Waals surface area contributed by atoms with Crippen molar-refractivity contribution in [1.82, 2.24) is 25.4 Å². The number of hydrogen-bond donors (Lipinski definition) is 3. The number of nitrogens with one attached hydrogen (secondary N) is 2. The van der Waals surface area contributed by atoms with Gasteiger partial charge in [0, 0.05) is 23.4 Å². The van der Waals surface area contributed by atoms with Crippen LogP contribution in [0, 0.1) is 62.1 Å². The molecule has 3 N–H and O–H groups in total. The summed E-state index contributed by atoms with van der Waals surface area (Å²) < 4.78 is 15.8. The van der Waals surface area contributed by atoms with Gasteiger partial charge < -0.3 is 25.2 Å². The van der Waals surface area contributed by atoms with Gasteiger partial charge in [0.05, 0.1) is 37.9 Å². The van der Waals surface area contributed by atoms with E-state index in [1.165, 1.54) is 11.9 Å². The summed E-state index contributed by atoms with van der Waals surface area (Å²) >= 11 is 0. The normalized spacial score (nSPS) is 41.9. The molecule has 12 atom stereocenters. The Balaban J connectivity index is 1.48. The van der Waals surface area contributed by atoms with Gasteiger partial charge in [0.25, 0.3) is 5.91 Å². The van der Waals surface area contributed by atoms with Crippen molar-refractivity contribution in [3.05, 3.63) is 23.8 Å². The molecule has 0 radical (unpaired) electrons. The van der Waals surface area contributed by atoms with E-state index in [1.807, 2.05) is 11.7 Å². The van der Waals surface area contributed by atoms with Crippen LogP contribution in [0.5, 0.6) is 0 Å². The molecular formula is C42H69N5O5. The molecule has 1 saturated heterocycles. The number of ether oxygens (including phenoxy) is 2. The molecule has 1 amide bonds. The topological polar surface area (TPSA) is 128 Å². The van der Waals surface area contributed by atoms with Gasteiger partial charge in [-0.3, -0.25) is 9.59 Å². The van der Waals surface area contributed by atoms with Crippen LogP contribution in [0.4, 0.5) is 0 Å². The van der Waals surface area contributed by atoms with Crippen LogP contribution in [0.25, 0.3) is 0 Å². The Hall–Kier alpha value is -2.30. The number of rotatable bonds is 9. The summed E-state index contributed by atoms with van der Waals surface area (Å²) in [5.74, 6) is 0.191. The van der Waals surface area contributed by atoms with Gasteiger partial charge in [-0.25, -0.2) is 9.67 Å². The van der Waals surface area contributed by atoms with E-state index in [9.17, 15) is 14.7 Å². The predicted octanol–water partition coefficient (Wildman–Crippen LogP) is 7.18. The predicted molar refractivity (Wildman–Crippen MR) is 203 cm³/mol. The van der Waals surface area contributed by atoms with E-state index in [1.54, 1.807) is 7.05 Å². The Morgan fingerprint density at radius 2 is 1.75 bits per heavy atom. The average molecular weight is 724 g/mol. The van der Waals surface area contributed by atoms with Crippen molar-refractivity contribution in [2.45, 2.75) is 132 Å². The van der Waals surface area contributed by atoms with Gasteiger partial charge in [-0.2, -0.15) is 5.10 Å². The molecule has 1 aliphatic heterocycles. The summed E-state index contributed by atoms with van der Waals surface area (Å²) in [6.07, 6.45) is 9.13. The van der Waals surface area contributed by atoms with Crippen molar-refractivity contribution in [2.75, 3.05) is 33.9 Å². The molecule has 292 valence electrons. The lowest BCUT2D eigenvalue weighted by molar-refractivity contribution is -0.254. The molecule has 0 spiro atoms. The number of carbonyl (C=O) groups is 2. The van der Waals surface area contributed by atoms with Crippen LogP contribution in [0.3, 0.4) is 0 Å². The van der Waals surface area contributed by atoms with E-state index < -0.39 is 17.3 Å². The molecule has 4 aliphatic carbocycles. The van der Waals surface area contributed by atoms with Gasteiger partial charge >= 0.3 is 5.97 Å². The number of hydrogen-bond acceptors (Lipinski definition) is 7. The van der Waals surface area contributed by atoms with Crippen molar-refractivity contribution >= 4 is 11.9 Å². The molecule has 52 heavy (non-hydrogen) atoms. The molecule has 5 aliphatic rings. The summed E-state index contributed by atoms with van der Waals surface area (Å²) in [5, 5.41) is 22.2. The molecule has 10 heteroatoms. The Bertz CT molecular complexity index is 1580. The number of amides is 1. The first-order valence-corrected chi connectivity index (χ1v) is 20.0. The third kappa shape index (κ3) is 5.33. The lowest BCUT2D eigenvalue weighted by atomic mass is 9.34. The third-order valence-electron chi connectivity index (χ3n) is 17.2. The molecule has 1 aromatic heterocycles. The van der Waals surface area contributed by atoms with Gasteiger partial charge in [-0.05, 0) is 97.8 Å². The van der Waals surface area contributed by atoms with E-state index in [2.05, 4.69) is 97.9 Å². The number of likely N-dealkylation sites (N-methyl/N-ethyl adjacent to an activating group) is 1. The number of carbonyl (C=O) groups excluding carboxylic acids is 1. The maximum atomic E-state index is 13.5. The highest BCUT2D eigenvalue weighted by atomic mass is 16.5. The summed E-state index contributed by atoms with van der Waals surface area (Å²) in [5.41, 5.74) is -0.464. The maximum Gasteiger partial charge on any atom is 0.307 e. The Morgan fingerprint density at radius 3 is 2.35 bits per heavy atom. The minimum absolute atomic E-state index is 0.0793. The first-order chi connectivity index (χ1) is 24.1. The fourth-order valence-corrected chi connectivity index (χ4v) is 12.8. The van der Waals surface area contributed by atoms with Crippen LogP contribution in [-0.4, -0.2) is 77.3 Å². The van der Waals surface area contributed by atoms with Crippen molar-refractivity contribution in [3.63, 3.8) is 0 Å². The van der Waals surface area contributed by atoms with Crippen LogP contribution in [0.15, 0.2) is 18.0 Å². The number of aliphatic carboxylic acids is 1. The number of carboxylic acid groups (broad SMARTS) is 1. The second kappa shape index (κ2) is 12.9. The van der Waals surface area contributed by atoms with Gasteiger partial charge in [0.2, 0.25) is 5.82 Å². The highest BCUT2D eigenvalue weighted by Gasteiger charge is 2.72. The zero-order chi connectivity index (χ0) is 38.4. The Kier molecular flexibility index (Phi) is 9.77. The summed E-state index contributed by atoms with van der Waals surface area (Å²) in [4.78, 5) is 31.3. The van der Waals surface area contributed by atoms with Gasteiger partial charge in [-0.15, -0.1) is 0 Å². The van der Waals surface area contributed by atoms with Crippen molar-refractivity contribution in [2.24, 2.45) is 62.1 Å². The number of allylic oxidation sites excluding steroid dienone is 1. The first kappa shape index (κ1) is 39.4. The summed E-state index contributed by atoms with van der Waals surface area (Å²) in [6, 6.07) is -0.255. The number of nitrogens with zero attached hydrogens (tertiary/aromatic N) is 3. The molecule has 10 nitrogen and oxygen atoms in total. The first-order valence-electron chi connectivity index (χ1n) is 20.0. The van der Waals surface area contributed by atoms with Gasteiger partial charge in [-0.1, -0.05) is 80.9 Å². The average Bonchev–Trinajstić information content (AvgIpc) is 3.56. The molecule has 0 unspecified atom stereocenters. The molecule has 0 aromatic carbocycles. The minimum atomic E-state index is -0.643. The second-order valence-corrected chi connectivity index (χ2v) is 20.3. The van der Waals surface area contributed by atoms with Crippen LogP contribution in [-0.2, 0) is 14.3 Å². The highest BCUT2D eigenvalue weighted by molar-refractivity contribution is 5.90. The molecule has 1 aromatic rings. The van der Waals surface area contributed by atoms with E-state index in [0.717, 1.165) is 38.5 Å². The zero-order valence-corrected chi connectivity index (χ0v) is 34.5. The summed E-state index contributed by atoms with van der Waals surface area (Å²) in [6.45, 7) is 26.7. The molecule has 2 bridgehead atoms. The highest BCUT2D eigenvalue weighted by Crippen LogP contribution is 2.75. The minimum Gasteiger partial charge on any atom is -0.481 e. The monoisotopic (exact) mass is 724 g/mol. The van der Waals surface area contributed by atoms with Crippen LogP contribution < -0.4 is 10.6 Å². The summed E-state index contributed by atoms with van der Waals surface area (Å²) in [7, 11) is 3.64. The molecule has 6 rings (SSSR count). The molecular weight excluding hydrogens is 654 g/mol. The number of aromatic nitrogens is 3. The quantitative estimate of drug-likeness (QED) is 0.229. The SMILES string of the molecule is CNC(=O)c1ncnn1[C@@H]1C[C@@]23COC[C@](C)([C@@H]2CC[C@H]2C3=CC[C@@]3(C)[C@H](C(=O)O)[C@@](C)([C@H](C)C(C)C)CC[C@]23C)[C@H]1OC[C@](C)(NC)C(C)(C)C. The van der Waals surface area contributed by atoms with Crippen LogP contribution >= 0.6 is 0 Å². The zero-order valence-electron chi connectivity index (χ0n) is 34.5. The maximum absolute atomic E-state index is 13.5. The van der Waals surface area contributed by atoms with Crippen molar-refractivity contribution in [1.29, 1.82) is 0 Å². The second-order valence-electron chi connectivity index (χ2n) is 20.3. The third-order valence-corrected chi connectivity index (χ3v) is 17.2. The fourth-order valence-electron chi connectivity index (χ4n) is 12.8. The molecule has 4 fully saturated rings. The standard InChI is InChI=1S/C42H69N5O5/c1-25(2)26(3)37(7)18-19-39(9)27-14-15-30-38(8)21-51-23-42(30,28(27)16-17-40(39,10)31(37)35(49)50)20-29(47-33(34(48)43-12)45-24-46-47)32(38)52-22-41(11,44-13)36(4,5)6/h16,24-27,29-32,44H,14-15,17-23H2,1-13H3,(H,43,48)(H,49,50)/t26-,27+,29-,30+,31-,32+,37-,38-,39-,40+,41+,42+/m1/s1. The van der Waals surface area contributed by atoms with Crippen LogP contribution in [0.1, 0.15) is 131 Å². The Morgan fingerprint density at radius 1 is 1.06 bits per heavy atom. The van der Waals surface area contributed by atoms with Crippen LogP contribution in [0.2, 0.25) is 0 Å². The number of fused-ring (bicyclic) bond motifs is 3. The lowest BCUT2D eigenvalue weighted by Gasteiger charge is -2.71. The van der Waals surface area contributed by atoms with Crippen molar-refractivity contribution in [3.8, 4) is 0 Å². The van der Waals surface area contributed by atoms with E-state index >= 15 is 0 Å². The smallest absolute Gasteiger partial charge is 0.307 e. The number of carboxylic acids is 1. The van der Waals surface area contributed by atoms with Gasteiger partial charge in [0.1, 0.15) is 6.33 Å². The molecule has 3 saturated carbocycles. The fraction of sp³-hybridized carbons (Fsp3) is 0.857. The van der Waals surface area contributed by atoms with E-state index in [0.29, 0.717) is 43.4 Å². The largest absolute Gasteiger partial charge is 0.481 e. The van der Waals surface area contributed by atoms with Crippen molar-refractivity contribution < 1.29 is 24.2 Å². The van der Waals surface area contributed by atoms with Gasteiger partial charge in [0.15, 0.2) is 0 Å². The Labute approximate surface area is 313 Å². The van der Waals surface area contributed by atoms with E-state index in [4.69, 9.17) is 14.6 Å².